The van der Waals surface area contributed by atoms with Gasteiger partial charge in [0.1, 0.15) is 6.10 Å². The Hall–Kier alpha value is -1.06. The lowest BCUT2D eigenvalue weighted by Gasteiger charge is -2.37. The zero-order valence-corrected chi connectivity index (χ0v) is 19.5. The maximum Gasteiger partial charge on any atom is 0.251 e. The van der Waals surface area contributed by atoms with Crippen LogP contribution in [0.3, 0.4) is 0 Å². The van der Waals surface area contributed by atoms with Gasteiger partial charge in [-0.25, -0.2) is 0 Å². The number of carbonyl (C=O) groups excluding carboxylic acids is 1. The molecule has 1 aromatic rings. The van der Waals surface area contributed by atoms with Crippen LogP contribution in [0.15, 0.2) is 29.3 Å². The summed E-state index contributed by atoms with van der Waals surface area (Å²) in [5, 5.41) is 4.13. The number of amides is 1. The Kier molecular flexibility index (Phi) is 9.81. The van der Waals surface area contributed by atoms with Gasteiger partial charge in [-0.2, -0.15) is 0 Å². The van der Waals surface area contributed by atoms with Crippen LogP contribution in [0, 0.1) is 0 Å². The Morgan fingerprint density at radius 3 is 2.50 bits per heavy atom. The first-order valence-corrected chi connectivity index (χ1v) is 10.2. The maximum absolute atomic E-state index is 12.5. The van der Waals surface area contributed by atoms with Crippen LogP contribution in [-0.4, -0.2) is 73.6 Å². The van der Waals surface area contributed by atoms with Crippen molar-refractivity contribution < 1.29 is 9.53 Å². The summed E-state index contributed by atoms with van der Waals surface area (Å²) in [4.78, 5) is 21.4. The van der Waals surface area contributed by atoms with Crippen molar-refractivity contribution in [1.29, 1.82) is 0 Å². The average molecular weight is 521 g/mol. The van der Waals surface area contributed by atoms with Gasteiger partial charge in [0.05, 0.1) is 0 Å². The van der Waals surface area contributed by atoms with Gasteiger partial charge < -0.3 is 19.9 Å². The number of hydrogen-bond acceptors (Lipinski definition) is 3. The molecule has 1 N–H and O–H groups in total. The minimum atomic E-state index is -0.224. The van der Waals surface area contributed by atoms with Crippen molar-refractivity contribution in [1.82, 2.24) is 15.1 Å². The number of rotatable bonds is 5. The molecule has 0 saturated carbocycles. The first-order valence-electron chi connectivity index (χ1n) is 9.85. The standard InChI is InChI=1S/C20H29ClN4O2.HI/c1-2-22-20(23-10-9-16-5-7-17(21)8-6-16)25-13-11-24(12-14-25)19(26)18-4-3-15-27-18;/h5-8,18H,2-4,9-15H2,1H3,(H,22,23);1H. The number of hydrogen-bond donors (Lipinski definition) is 1. The molecule has 3 rings (SSSR count). The van der Waals surface area contributed by atoms with Crippen LogP contribution in [0.2, 0.25) is 5.02 Å². The van der Waals surface area contributed by atoms with Crippen molar-refractivity contribution in [2.75, 3.05) is 45.9 Å². The largest absolute Gasteiger partial charge is 0.368 e. The molecule has 2 aliphatic heterocycles. The topological polar surface area (TPSA) is 57.2 Å². The van der Waals surface area contributed by atoms with Gasteiger partial charge in [0.2, 0.25) is 0 Å². The van der Waals surface area contributed by atoms with Crippen molar-refractivity contribution in [3.63, 3.8) is 0 Å². The molecule has 6 nitrogen and oxygen atoms in total. The highest BCUT2D eigenvalue weighted by Crippen LogP contribution is 2.16. The van der Waals surface area contributed by atoms with Crippen molar-refractivity contribution in [3.05, 3.63) is 34.9 Å². The summed E-state index contributed by atoms with van der Waals surface area (Å²) >= 11 is 5.93. The lowest BCUT2D eigenvalue weighted by molar-refractivity contribution is -0.142. The predicted octanol–water partition coefficient (Wildman–Crippen LogP) is 2.79. The molecular weight excluding hydrogens is 491 g/mol. The highest BCUT2D eigenvalue weighted by atomic mass is 127. The van der Waals surface area contributed by atoms with Crippen LogP contribution in [0.4, 0.5) is 0 Å². The predicted molar refractivity (Wildman–Crippen MR) is 124 cm³/mol. The van der Waals surface area contributed by atoms with Crippen molar-refractivity contribution in [3.8, 4) is 0 Å². The molecule has 28 heavy (non-hydrogen) atoms. The van der Waals surface area contributed by atoms with E-state index in [-0.39, 0.29) is 36.0 Å². The molecule has 156 valence electrons. The van der Waals surface area contributed by atoms with Gasteiger partial charge in [0, 0.05) is 50.9 Å². The first kappa shape index (κ1) is 23.2. The highest BCUT2D eigenvalue weighted by molar-refractivity contribution is 14.0. The summed E-state index contributed by atoms with van der Waals surface area (Å²) in [6, 6.07) is 7.91. The van der Waals surface area contributed by atoms with Crippen LogP contribution in [0.25, 0.3) is 0 Å². The number of benzene rings is 1. The number of ether oxygens (including phenoxy) is 1. The molecule has 2 aliphatic rings. The van der Waals surface area contributed by atoms with Crippen LogP contribution in [0.5, 0.6) is 0 Å². The number of nitrogens with one attached hydrogen (secondary N) is 1. The number of nitrogens with zero attached hydrogens (tertiary/aromatic N) is 3. The number of halogens is 2. The fourth-order valence-corrected chi connectivity index (χ4v) is 3.61. The average Bonchev–Trinajstić information content (AvgIpc) is 3.23. The van der Waals surface area contributed by atoms with Gasteiger partial charge in [-0.3, -0.25) is 9.79 Å². The fraction of sp³-hybridized carbons (Fsp3) is 0.600. The van der Waals surface area contributed by atoms with Crippen molar-refractivity contribution in [2.24, 2.45) is 4.99 Å². The molecule has 0 aromatic heterocycles. The fourth-order valence-electron chi connectivity index (χ4n) is 3.48. The third kappa shape index (κ3) is 6.49. The summed E-state index contributed by atoms with van der Waals surface area (Å²) in [6.45, 7) is 7.37. The van der Waals surface area contributed by atoms with E-state index in [1.54, 1.807) is 0 Å². The Labute approximate surface area is 189 Å². The van der Waals surface area contributed by atoms with E-state index in [0.717, 1.165) is 69.5 Å². The third-order valence-corrected chi connectivity index (χ3v) is 5.26. The SMILES string of the molecule is CCNC(=NCCc1ccc(Cl)cc1)N1CCN(C(=O)C2CCCO2)CC1.I. The van der Waals surface area contributed by atoms with Crippen molar-refractivity contribution >= 4 is 47.4 Å². The molecule has 0 aliphatic carbocycles. The van der Waals surface area contributed by atoms with E-state index < -0.39 is 0 Å². The van der Waals surface area contributed by atoms with Crippen molar-refractivity contribution in [2.45, 2.75) is 32.3 Å². The van der Waals surface area contributed by atoms with Crippen LogP contribution < -0.4 is 5.32 Å². The summed E-state index contributed by atoms with van der Waals surface area (Å²) in [5.74, 6) is 1.08. The number of carbonyl (C=O) groups is 1. The lowest BCUT2D eigenvalue weighted by atomic mass is 10.1. The molecule has 0 bridgehead atoms. The van der Waals surface area contributed by atoms with Gasteiger partial charge in [-0.1, -0.05) is 23.7 Å². The second-order valence-corrected chi connectivity index (χ2v) is 7.36. The minimum absolute atomic E-state index is 0. The zero-order chi connectivity index (χ0) is 19.1. The number of piperazine rings is 1. The van der Waals surface area contributed by atoms with Gasteiger partial charge >= 0.3 is 0 Å². The van der Waals surface area contributed by atoms with E-state index in [1.807, 2.05) is 29.2 Å². The molecular formula is C20H30ClIN4O2. The molecule has 1 aromatic carbocycles. The lowest BCUT2D eigenvalue weighted by Crippen LogP contribution is -2.55. The quantitative estimate of drug-likeness (QED) is 0.369. The van der Waals surface area contributed by atoms with E-state index in [1.165, 1.54) is 5.56 Å². The number of guanidine groups is 1. The summed E-state index contributed by atoms with van der Waals surface area (Å²) in [6.07, 6.45) is 2.50. The smallest absolute Gasteiger partial charge is 0.251 e. The number of aliphatic imine (C=N–C) groups is 1. The van der Waals surface area contributed by atoms with E-state index >= 15 is 0 Å². The molecule has 2 saturated heterocycles. The monoisotopic (exact) mass is 520 g/mol. The summed E-state index contributed by atoms with van der Waals surface area (Å²) in [7, 11) is 0. The second kappa shape index (κ2) is 11.8. The normalized spacial score (nSPS) is 20.1. The Morgan fingerprint density at radius 2 is 1.89 bits per heavy atom. The zero-order valence-electron chi connectivity index (χ0n) is 16.4. The third-order valence-electron chi connectivity index (χ3n) is 5.01. The van der Waals surface area contributed by atoms with Gasteiger partial charge in [0.15, 0.2) is 5.96 Å². The molecule has 1 amide bonds. The van der Waals surface area contributed by atoms with Crippen LogP contribution in [-0.2, 0) is 16.0 Å². The second-order valence-electron chi connectivity index (χ2n) is 6.93. The van der Waals surface area contributed by atoms with E-state index in [0.29, 0.717) is 6.61 Å². The molecule has 2 heterocycles. The van der Waals surface area contributed by atoms with Crippen LogP contribution in [0.1, 0.15) is 25.3 Å². The highest BCUT2D eigenvalue weighted by Gasteiger charge is 2.30. The summed E-state index contributed by atoms with van der Waals surface area (Å²) in [5.41, 5.74) is 1.23. The molecule has 0 spiro atoms. The Morgan fingerprint density at radius 1 is 1.21 bits per heavy atom. The minimum Gasteiger partial charge on any atom is -0.368 e. The maximum atomic E-state index is 12.5. The molecule has 8 heteroatoms. The first-order chi connectivity index (χ1) is 13.2. The molecule has 0 radical (unpaired) electrons. The Bertz CT molecular complexity index is 642. The van der Waals surface area contributed by atoms with E-state index in [9.17, 15) is 4.79 Å². The summed E-state index contributed by atoms with van der Waals surface area (Å²) < 4.78 is 5.53. The van der Waals surface area contributed by atoms with Gasteiger partial charge in [-0.05, 0) is 43.9 Å². The van der Waals surface area contributed by atoms with Gasteiger partial charge in [0.25, 0.3) is 5.91 Å². The molecule has 1 atom stereocenters. The van der Waals surface area contributed by atoms with Gasteiger partial charge in [-0.15, -0.1) is 24.0 Å². The molecule has 1 unspecified atom stereocenters. The molecule has 2 fully saturated rings. The van der Waals surface area contributed by atoms with Crippen LogP contribution >= 0.6 is 35.6 Å². The van der Waals surface area contributed by atoms with E-state index in [4.69, 9.17) is 21.3 Å². The Balaban J connectivity index is 0.00000280. The van der Waals surface area contributed by atoms with E-state index in [2.05, 4.69) is 17.1 Å².